The number of hydrogen-bond acceptors (Lipinski definition) is 2. The molecule has 1 saturated carbocycles. The fourth-order valence-electron chi connectivity index (χ4n) is 2.62. The van der Waals surface area contributed by atoms with Crippen LogP contribution in [0.15, 0.2) is 0 Å². The minimum absolute atomic E-state index is 0.217. The Hall–Kier alpha value is -0.780. The molecule has 0 aromatic rings. The summed E-state index contributed by atoms with van der Waals surface area (Å²) in [4.78, 5) is 13.5. The lowest BCUT2D eigenvalue weighted by Crippen LogP contribution is -2.49. The van der Waals surface area contributed by atoms with Gasteiger partial charge in [-0.25, -0.2) is 0 Å². The van der Waals surface area contributed by atoms with E-state index in [4.69, 9.17) is 5.73 Å². The summed E-state index contributed by atoms with van der Waals surface area (Å²) in [5, 5.41) is 0. The second kappa shape index (κ2) is 6.11. The number of nitrogens with zero attached hydrogens (tertiary/aromatic N) is 1. The molecule has 1 aliphatic rings. The van der Waals surface area contributed by atoms with E-state index in [0.717, 1.165) is 12.8 Å². The van der Waals surface area contributed by atoms with E-state index in [1.807, 2.05) is 0 Å². The third kappa shape index (κ3) is 4.37. The van der Waals surface area contributed by atoms with Crippen LogP contribution >= 0.6 is 0 Å². The summed E-state index contributed by atoms with van der Waals surface area (Å²) in [7, 11) is 1.43. The van der Waals surface area contributed by atoms with Gasteiger partial charge in [-0.1, -0.05) is 6.92 Å². The smallest absolute Gasteiger partial charge is 0.345 e. The molecule has 0 bridgehead atoms. The molecule has 0 spiro atoms. The predicted octanol–water partition coefficient (Wildman–Crippen LogP) is 2.55. The summed E-state index contributed by atoms with van der Waals surface area (Å²) in [5.74, 6) is 0.333. The van der Waals surface area contributed by atoms with Gasteiger partial charge in [0.05, 0.1) is 11.8 Å². The van der Waals surface area contributed by atoms with Gasteiger partial charge in [0, 0.05) is 20.1 Å². The molecule has 1 amide bonds. The van der Waals surface area contributed by atoms with E-state index in [-0.39, 0.29) is 19.0 Å². The van der Waals surface area contributed by atoms with Crippen molar-refractivity contribution < 1.29 is 18.0 Å². The van der Waals surface area contributed by atoms with Gasteiger partial charge in [-0.2, -0.15) is 13.2 Å². The lowest BCUT2D eigenvalue weighted by atomic mass is 9.70. The molecule has 1 rings (SSSR count). The van der Waals surface area contributed by atoms with Crippen molar-refractivity contribution in [3.05, 3.63) is 0 Å². The topological polar surface area (TPSA) is 46.3 Å². The normalized spacial score (nSPS) is 28.2. The first-order chi connectivity index (χ1) is 8.70. The van der Waals surface area contributed by atoms with Gasteiger partial charge in [0.1, 0.15) is 0 Å². The standard InChI is InChI=1S/C13H23F3N2O/c1-10-3-5-12(9-17,6-4-10)11(19)18(2)8-7-13(14,15)16/h10H,3-9,17H2,1-2H3. The number of hydrogen-bond donors (Lipinski definition) is 1. The molecule has 0 unspecified atom stereocenters. The van der Waals surface area contributed by atoms with Crippen molar-refractivity contribution in [1.82, 2.24) is 4.90 Å². The molecule has 6 heteroatoms. The summed E-state index contributed by atoms with van der Waals surface area (Å²) < 4.78 is 36.6. The van der Waals surface area contributed by atoms with Gasteiger partial charge in [0.2, 0.25) is 5.91 Å². The first kappa shape index (κ1) is 16.3. The first-order valence-electron chi connectivity index (χ1n) is 6.72. The van der Waals surface area contributed by atoms with Crippen LogP contribution in [0.1, 0.15) is 39.0 Å². The molecule has 0 heterocycles. The van der Waals surface area contributed by atoms with Crippen molar-refractivity contribution in [3.8, 4) is 0 Å². The molecule has 0 aromatic heterocycles. The van der Waals surface area contributed by atoms with Gasteiger partial charge in [0.15, 0.2) is 0 Å². The average Bonchev–Trinajstić information content (AvgIpc) is 2.35. The molecule has 112 valence electrons. The Morgan fingerprint density at radius 1 is 1.37 bits per heavy atom. The summed E-state index contributed by atoms with van der Waals surface area (Å²) in [6.07, 6.45) is -2.01. The number of carbonyl (C=O) groups is 1. The first-order valence-corrected chi connectivity index (χ1v) is 6.72. The molecule has 3 nitrogen and oxygen atoms in total. The van der Waals surface area contributed by atoms with E-state index in [2.05, 4.69) is 6.92 Å². The van der Waals surface area contributed by atoms with Gasteiger partial charge in [-0.15, -0.1) is 0 Å². The maximum absolute atomic E-state index is 12.4. The fraction of sp³-hybridized carbons (Fsp3) is 0.923. The van der Waals surface area contributed by atoms with Crippen LogP contribution in [0, 0.1) is 11.3 Å². The van der Waals surface area contributed by atoms with Crippen LogP contribution in [-0.2, 0) is 4.79 Å². The summed E-state index contributed by atoms with van der Waals surface area (Å²) in [6, 6.07) is 0. The van der Waals surface area contributed by atoms with E-state index in [1.54, 1.807) is 0 Å². The summed E-state index contributed by atoms with van der Waals surface area (Å²) >= 11 is 0. The van der Waals surface area contributed by atoms with Gasteiger partial charge in [-0.05, 0) is 31.6 Å². The van der Waals surface area contributed by atoms with E-state index in [1.165, 1.54) is 11.9 Å². The highest BCUT2D eigenvalue weighted by molar-refractivity contribution is 5.83. The predicted molar refractivity (Wildman–Crippen MR) is 67.4 cm³/mol. The lowest BCUT2D eigenvalue weighted by molar-refractivity contribution is -0.151. The van der Waals surface area contributed by atoms with E-state index in [0.29, 0.717) is 18.8 Å². The van der Waals surface area contributed by atoms with Crippen LogP contribution in [0.3, 0.4) is 0 Å². The number of rotatable bonds is 4. The monoisotopic (exact) mass is 280 g/mol. The molecular formula is C13H23F3N2O. The minimum atomic E-state index is -4.23. The van der Waals surface area contributed by atoms with Crippen molar-refractivity contribution in [1.29, 1.82) is 0 Å². The molecule has 0 radical (unpaired) electrons. The molecule has 1 fully saturated rings. The van der Waals surface area contributed by atoms with Crippen molar-refractivity contribution >= 4 is 5.91 Å². The molecule has 0 atom stereocenters. The molecule has 0 saturated heterocycles. The third-order valence-electron chi connectivity index (χ3n) is 4.15. The van der Waals surface area contributed by atoms with E-state index >= 15 is 0 Å². The zero-order valence-electron chi connectivity index (χ0n) is 11.6. The van der Waals surface area contributed by atoms with Crippen molar-refractivity contribution in [2.45, 2.75) is 45.2 Å². The van der Waals surface area contributed by atoms with Crippen LogP contribution in [0.4, 0.5) is 13.2 Å². The van der Waals surface area contributed by atoms with Gasteiger partial charge in [-0.3, -0.25) is 4.79 Å². The Balaban J connectivity index is 2.63. The largest absolute Gasteiger partial charge is 0.390 e. The number of halogens is 3. The lowest BCUT2D eigenvalue weighted by Gasteiger charge is -2.39. The Kier molecular flexibility index (Phi) is 5.24. The molecule has 19 heavy (non-hydrogen) atoms. The maximum Gasteiger partial charge on any atom is 0.390 e. The minimum Gasteiger partial charge on any atom is -0.345 e. The molecule has 0 aromatic carbocycles. The number of carbonyl (C=O) groups excluding carboxylic acids is 1. The van der Waals surface area contributed by atoms with Crippen molar-refractivity contribution in [3.63, 3.8) is 0 Å². The van der Waals surface area contributed by atoms with Crippen molar-refractivity contribution in [2.75, 3.05) is 20.1 Å². The van der Waals surface area contributed by atoms with Crippen LogP contribution < -0.4 is 5.73 Å². The molecule has 1 aliphatic carbocycles. The average molecular weight is 280 g/mol. The molecular weight excluding hydrogens is 257 g/mol. The van der Waals surface area contributed by atoms with Crippen LogP contribution in [0.5, 0.6) is 0 Å². The Morgan fingerprint density at radius 2 is 1.89 bits per heavy atom. The maximum atomic E-state index is 12.4. The number of amides is 1. The third-order valence-corrected chi connectivity index (χ3v) is 4.15. The SMILES string of the molecule is CC1CCC(CN)(C(=O)N(C)CCC(F)(F)F)CC1. The van der Waals surface area contributed by atoms with Crippen molar-refractivity contribution in [2.24, 2.45) is 17.1 Å². The highest BCUT2D eigenvalue weighted by atomic mass is 19.4. The van der Waals surface area contributed by atoms with Crippen LogP contribution in [-0.4, -0.2) is 37.1 Å². The Bertz CT molecular complexity index is 310. The van der Waals surface area contributed by atoms with Gasteiger partial charge in [0.25, 0.3) is 0 Å². The molecule has 0 aliphatic heterocycles. The van der Waals surface area contributed by atoms with Crippen LogP contribution in [0.2, 0.25) is 0 Å². The highest BCUT2D eigenvalue weighted by Crippen LogP contribution is 2.39. The Morgan fingerprint density at radius 3 is 2.32 bits per heavy atom. The number of alkyl halides is 3. The quantitative estimate of drug-likeness (QED) is 0.860. The highest BCUT2D eigenvalue weighted by Gasteiger charge is 2.42. The summed E-state index contributed by atoms with van der Waals surface area (Å²) in [5.41, 5.74) is 5.09. The summed E-state index contributed by atoms with van der Waals surface area (Å²) in [6.45, 7) is 2.05. The molecule has 2 N–H and O–H groups in total. The van der Waals surface area contributed by atoms with E-state index in [9.17, 15) is 18.0 Å². The zero-order chi connectivity index (χ0) is 14.7. The van der Waals surface area contributed by atoms with Gasteiger partial charge >= 0.3 is 6.18 Å². The zero-order valence-corrected chi connectivity index (χ0v) is 11.6. The Labute approximate surface area is 112 Å². The van der Waals surface area contributed by atoms with E-state index < -0.39 is 18.0 Å². The second-order valence-electron chi connectivity index (χ2n) is 5.76. The fourth-order valence-corrected chi connectivity index (χ4v) is 2.62. The van der Waals surface area contributed by atoms with Crippen LogP contribution in [0.25, 0.3) is 0 Å². The second-order valence-corrected chi connectivity index (χ2v) is 5.76. The number of nitrogens with two attached hydrogens (primary N) is 1. The van der Waals surface area contributed by atoms with Gasteiger partial charge < -0.3 is 10.6 Å².